The number of carbonyl (C=O) groups excluding carboxylic acids is 1. The highest BCUT2D eigenvalue weighted by Crippen LogP contribution is 2.29. The zero-order chi connectivity index (χ0) is 23.1. The van der Waals surface area contributed by atoms with Crippen LogP contribution in [-0.4, -0.2) is 42.4 Å². The summed E-state index contributed by atoms with van der Waals surface area (Å²) in [6.45, 7) is 4.53. The Morgan fingerprint density at radius 2 is 2.21 bits per heavy atom. The second-order valence-corrected chi connectivity index (χ2v) is 9.21. The first kappa shape index (κ1) is 23.7. The molecule has 0 bridgehead atoms. The Morgan fingerprint density at radius 3 is 2.91 bits per heavy atom. The van der Waals surface area contributed by atoms with Gasteiger partial charge < -0.3 is 15.4 Å². The Labute approximate surface area is 199 Å². The van der Waals surface area contributed by atoms with Crippen LogP contribution in [0.5, 0.6) is 0 Å². The average Bonchev–Trinajstić information content (AvgIpc) is 3.28. The number of hydroxylamine groups is 1. The molecule has 0 radical (unpaired) electrons. The summed E-state index contributed by atoms with van der Waals surface area (Å²) in [6, 6.07) is 10.4. The first-order valence-corrected chi connectivity index (χ1v) is 11.8. The zero-order valence-corrected chi connectivity index (χ0v) is 19.7. The van der Waals surface area contributed by atoms with Crippen molar-refractivity contribution in [3.8, 4) is 0 Å². The molecule has 2 atom stereocenters. The highest BCUT2D eigenvalue weighted by Gasteiger charge is 2.34. The van der Waals surface area contributed by atoms with Gasteiger partial charge in [0, 0.05) is 31.8 Å². The molecule has 1 aromatic carbocycles. The van der Waals surface area contributed by atoms with Crippen molar-refractivity contribution in [2.75, 3.05) is 25.0 Å². The van der Waals surface area contributed by atoms with E-state index in [0.29, 0.717) is 17.4 Å². The highest BCUT2D eigenvalue weighted by atomic mass is 35.5. The number of rotatable bonds is 8. The van der Waals surface area contributed by atoms with Crippen LogP contribution in [-0.2, 0) is 20.8 Å². The fourth-order valence-corrected chi connectivity index (χ4v) is 4.39. The Kier molecular flexibility index (Phi) is 7.98. The third-order valence-corrected chi connectivity index (χ3v) is 6.30. The lowest BCUT2D eigenvalue weighted by atomic mass is 9.89. The Morgan fingerprint density at radius 1 is 1.36 bits per heavy atom. The maximum absolute atomic E-state index is 12.0. The number of aryl methyl sites for hydroxylation is 1. The number of halogens is 1. The monoisotopic (exact) mass is 470 g/mol. The maximum Gasteiger partial charge on any atom is 0.267 e. The van der Waals surface area contributed by atoms with Gasteiger partial charge in [0.2, 0.25) is 0 Å². The van der Waals surface area contributed by atoms with Crippen molar-refractivity contribution in [3.63, 3.8) is 0 Å². The van der Waals surface area contributed by atoms with Gasteiger partial charge in [-0.3, -0.25) is 4.79 Å². The summed E-state index contributed by atoms with van der Waals surface area (Å²) in [5.74, 6) is 0.281. The van der Waals surface area contributed by atoms with E-state index in [9.17, 15) is 4.79 Å². The van der Waals surface area contributed by atoms with Gasteiger partial charge in [-0.15, -0.1) is 0 Å². The molecule has 1 unspecified atom stereocenters. The normalized spacial score (nSPS) is 23.0. The van der Waals surface area contributed by atoms with Gasteiger partial charge in [-0.2, -0.15) is 0 Å². The van der Waals surface area contributed by atoms with Crippen molar-refractivity contribution >= 4 is 29.4 Å². The number of nitrogens with one attached hydrogen (secondary N) is 3. The molecule has 2 aromatic rings. The molecule has 3 heterocycles. The molecule has 2 aliphatic heterocycles. The molecular formula is C25H31ClN4O3. The van der Waals surface area contributed by atoms with E-state index in [4.69, 9.17) is 21.2 Å². The molecule has 4 rings (SSSR count). The number of hydrogen-bond acceptors (Lipinski definition) is 6. The van der Waals surface area contributed by atoms with Gasteiger partial charge >= 0.3 is 0 Å². The van der Waals surface area contributed by atoms with E-state index < -0.39 is 0 Å². The summed E-state index contributed by atoms with van der Waals surface area (Å²) in [6.07, 6.45) is 9.06. The minimum atomic E-state index is -0.380. The van der Waals surface area contributed by atoms with Crippen LogP contribution in [0.25, 0.3) is 6.08 Å². The summed E-state index contributed by atoms with van der Waals surface area (Å²) in [7, 11) is 0. The van der Waals surface area contributed by atoms with Crippen molar-refractivity contribution in [1.29, 1.82) is 0 Å². The molecule has 8 heteroatoms. The first-order chi connectivity index (χ1) is 16.0. The van der Waals surface area contributed by atoms with Crippen LogP contribution >= 0.6 is 11.6 Å². The lowest BCUT2D eigenvalue weighted by molar-refractivity contribution is -0.198. The van der Waals surface area contributed by atoms with Crippen molar-refractivity contribution < 1.29 is 14.4 Å². The van der Waals surface area contributed by atoms with E-state index >= 15 is 0 Å². The lowest BCUT2D eigenvalue weighted by Crippen LogP contribution is -2.43. The highest BCUT2D eigenvalue weighted by molar-refractivity contribution is 6.33. The van der Waals surface area contributed by atoms with Gasteiger partial charge in [0.1, 0.15) is 5.82 Å². The molecular weight excluding hydrogens is 440 g/mol. The number of anilines is 1. The SMILES string of the molecule is Cc1ccc(C[C@@]2(Nc3ncc(/C=C/C(=O)NOC4CCCCO4)cc3Cl)CCNC2)cc1. The Balaban J connectivity index is 1.36. The second-order valence-electron chi connectivity index (χ2n) is 8.81. The van der Waals surface area contributed by atoms with E-state index in [2.05, 4.69) is 52.3 Å². The number of hydrogen-bond donors (Lipinski definition) is 3. The lowest BCUT2D eigenvalue weighted by Gasteiger charge is -2.31. The predicted octanol–water partition coefficient (Wildman–Crippen LogP) is 4.02. The molecule has 33 heavy (non-hydrogen) atoms. The maximum atomic E-state index is 12.0. The number of nitrogens with zero attached hydrogens (tertiary/aromatic N) is 1. The first-order valence-electron chi connectivity index (χ1n) is 11.5. The molecule has 1 aromatic heterocycles. The molecule has 2 saturated heterocycles. The fourth-order valence-electron chi connectivity index (χ4n) is 4.16. The van der Waals surface area contributed by atoms with E-state index in [0.717, 1.165) is 50.8 Å². The van der Waals surface area contributed by atoms with Gasteiger partial charge in [-0.1, -0.05) is 41.4 Å². The Hall–Kier alpha value is -2.45. The van der Waals surface area contributed by atoms with E-state index in [1.165, 1.54) is 17.2 Å². The van der Waals surface area contributed by atoms with Crippen molar-refractivity contribution in [3.05, 3.63) is 64.3 Å². The number of aromatic nitrogens is 1. The number of carbonyl (C=O) groups is 1. The Bertz CT molecular complexity index is 968. The standard InChI is InChI=1S/C25H31ClN4O3/c1-18-5-7-19(8-6-18)15-25(11-12-27-17-25)29-24-21(26)14-20(16-28-24)9-10-22(31)30-33-23-4-2-3-13-32-23/h5-10,14,16,23,27H,2-4,11-13,15,17H2,1H3,(H,28,29)(H,30,31)/b10-9+/t23?,25-/m0/s1. The van der Waals surface area contributed by atoms with Crippen LogP contribution in [0.2, 0.25) is 5.02 Å². The van der Waals surface area contributed by atoms with Crippen LogP contribution in [0.3, 0.4) is 0 Å². The second kappa shape index (κ2) is 11.1. The van der Waals surface area contributed by atoms with Crippen LogP contribution in [0.15, 0.2) is 42.6 Å². The summed E-state index contributed by atoms with van der Waals surface area (Å²) >= 11 is 6.55. The van der Waals surface area contributed by atoms with Gasteiger partial charge in [-0.05, 0) is 62.4 Å². The number of amides is 1. The molecule has 176 valence electrons. The third kappa shape index (κ3) is 6.77. The summed E-state index contributed by atoms with van der Waals surface area (Å²) in [4.78, 5) is 21.8. The third-order valence-electron chi connectivity index (χ3n) is 6.01. The molecule has 0 spiro atoms. The molecule has 3 N–H and O–H groups in total. The van der Waals surface area contributed by atoms with E-state index in [1.807, 2.05) is 0 Å². The molecule has 0 saturated carbocycles. The van der Waals surface area contributed by atoms with Crippen molar-refractivity contribution in [2.45, 2.75) is 50.9 Å². The smallest absolute Gasteiger partial charge is 0.267 e. The zero-order valence-electron chi connectivity index (χ0n) is 18.9. The van der Waals surface area contributed by atoms with Crippen molar-refractivity contribution in [1.82, 2.24) is 15.8 Å². The number of benzene rings is 1. The van der Waals surface area contributed by atoms with Gasteiger partial charge in [0.15, 0.2) is 6.29 Å². The van der Waals surface area contributed by atoms with Gasteiger partial charge in [0.05, 0.1) is 10.6 Å². The van der Waals surface area contributed by atoms with Crippen LogP contribution in [0.1, 0.15) is 42.4 Å². The average molecular weight is 471 g/mol. The van der Waals surface area contributed by atoms with Crippen LogP contribution in [0.4, 0.5) is 5.82 Å². The van der Waals surface area contributed by atoms with Gasteiger partial charge in [-0.25, -0.2) is 15.3 Å². The number of pyridine rings is 1. The minimum Gasteiger partial charge on any atom is -0.362 e. The van der Waals surface area contributed by atoms with Crippen LogP contribution < -0.4 is 16.1 Å². The molecule has 1 amide bonds. The predicted molar refractivity (Wildman–Crippen MR) is 130 cm³/mol. The summed E-state index contributed by atoms with van der Waals surface area (Å²) < 4.78 is 5.43. The minimum absolute atomic E-state index is 0.151. The molecule has 2 aliphatic rings. The van der Waals surface area contributed by atoms with E-state index in [1.54, 1.807) is 18.3 Å². The van der Waals surface area contributed by atoms with Crippen molar-refractivity contribution in [2.24, 2.45) is 0 Å². The number of ether oxygens (including phenoxy) is 1. The molecule has 7 nitrogen and oxygen atoms in total. The van der Waals surface area contributed by atoms with E-state index in [-0.39, 0.29) is 17.7 Å². The summed E-state index contributed by atoms with van der Waals surface area (Å²) in [5, 5.41) is 7.56. The molecule has 2 fully saturated rings. The fraction of sp³-hybridized carbons (Fsp3) is 0.440. The quantitative estimate of drug-likeness (QED) is 0.399. The van der Waals surface area contributed by atoms with Gasteiger partial charge in [0.25, 0.3) is 5.91 Å². The topological polar surface area (TPSA) is 84.5 Å². The summed E-state index contributed by atoms with van der Waals surface area (Å²) in [5.41, 5.74) is 5.51. The van der Waals surface area contributed by atoms with Crippen LogP contribution in [0, 0.1) is 6.92 Å². The largest absolute Gasteiger partial charge is 0.362 e. The molecule has 0 aliphatic carbocycles.